The molecule has 1 saturated heterocycles. The predicted octanol–water partition coefficient (Wildman–Crippen LogP) is 3.62. The topological polar surface area (TPSA) is 69.9 Å². The number of methoxy groups -OCH3 is 1. The van der Waals surface area contributed by atoms with Gasteiger partial charge in [0.25, 0.3) is 0 Å². The first-order valence-corrected chi connectivity index (χ1v) is 13.6. The van der Waals surface area contributed by atoms with Crippen molar-refractivity contribution in [3.63, 3.8) is 0 Å². The molecule has 0 amide bonds. The Labute approximate surface area is 176 Å². The first-order chi connectivity index (χ1) is 13.4. The van der Waals surface area contributed by atoms with E-state index in [4.69, 9.17) is 23.5 Å². The fourth-order valence-electron chi connectivity index (χ4n) is 3.08. The van der Waals surface area contributed by atoms with Crippen molar-refractivity contribution < 1.29 is 23.5 Å². The number of nitriles is 1. The largest absolute Gasteiger partial charge is 0.499 e. The Morgan fingerprint density at radius 1 is 1.14 bits per heavy atom. The summed E-state index contributed by atoms with van der Waals surface area (Å²) in [4.78, 5) is 0. The van der Waals surface area contributed by atoms with Crippen LogP contribution in [0.1, 0.15) is 45.7 Å². The number of benzene rings is 1. The molecule has 1 atom stereocenters. The van der Waals surface area contributed by atoms with Gasteiger partial charge in [0, 0.05) is 19.2 Å². The van der Waals surface area contributed by atoms with E-state index in [-0.39, 0.29) is 5.91 Å². The van der Waals surface area contributed by atoms with Crippen LogP contribution in [0, 0.1) is 11.3 Å². The van der Waals surface area contributed by atoms with Gasteiger partial charge in [-0.3, -0.25) is 0 Å². The molecule has 1 aromatic rings. The Bertz CT molecular complexity index is 754. The maximum atomic E-state index is 9.54. The molecule has 1 aliphatic rings. The number of ether oxygens (including phenoxy) is 3. The maximum Gasteiger partial charge on any atom is 0.499 e. The smallest absolute Gasteiger partial charge is 0.469 e. The summed E-state index contributed by atoms with van der Waals surface area (Å²) in [6, 6.07) is 5.76. The highest BCUT2D eigenvalue weighted by molar-refractivity contribution is 6.77. The quantitative estimate of drug-likeness (QED) is 0.474. The molecule has 160 valence electrons. The van der Waals surface area contributed by atoms with Crippen LogP contribution >= 0.6 is 0 Å². The van der Waals surface area contributed by atoms with Crippen LogP contribution in [0.25, 0.3) is 0 Å². The Morgan fingerprint density at radius 3 is 2.17 bits per heavy atom. The van der Waals surface area contributed by atoms with Crippen LogP contribution in [-0.2, 0) is 25.4 Å². The van der Waals surface area contributed by atoms with Crippen molar-refractivity contribution in [3.05, 3.63) is 23.3 Å². The highest BCUT2D eigenvalue weighted by Gasteiger charge is 2.53. The van der Waals surface area contributed by atoms with E-state index < -0.39 is 26.4 Å². The summed E-state index contributed by atoms with van der Waals surface area (Å²) in [7, 11) is -0.818. The third kappa shape index (κ3) is 5.22. The number of hydrogen-bond donors (Lipinski definition) is 0. The van der Waals surface area contributed by atoms with Gasteiger partial charge in [0.2, 0.25) is 0 Å². The molecule has 0 saturated carbocycles. The van der Waals surface area contributed by atoms with Crippen LogP contribution in [0.4, 0.5) is 0 Å². The van der Waals surface area contributed by atoms with Crippen molar-refractivity contribution >= 4 is 20.7 Å². The van der Waals surface area contributed by atoms with Crippen molar-refractivity contribution in [3.8, 4) is 11.8 Å². The van der Waals surface area contributed by atoms with Gasteiger partial charge in [-0.2, -0.15) is 5.26 Å². The Morgan fingerprint density at radius 2 is 1.72 bits per heavy atom. The highest BCUT2D eigenvalue weighted by Crippen LogP contribution is 2.38. The molecule has 2 rings (SSSR count). The van der Waals surface area contributed by atoms with Gasteiger partial charge in [0.1, 0.15) is 13.8 Å². The van der Waals surface area contributed by atoms with E-state index in [1.54, 1.807) is 19.2 Å². The molecule has 29 heavy (non-hydrogen) atoms. The average Bonchev–Trinajstić information content (AvgIpc) is 2.80. The van der Waals surface area contributed by atoms with E-state index >= 15 is 0 Å². The molecule has 0 radical (unpaired) electrons. The number of nitrogens with zero attached hydrogens (tertiary/aromatic N) is 1. The van der Waals surface area contributed by atoms with E-state index in [2.05, 4.69) is 25.7 Å². The predicted molar refractivity (Wildman–Crippen MR) is 117 cm³/mol. The lowest BCUT2D eigenvalue weighted by atomic mass is 9.74. The second-order valence-electron chi connectivity index (χ2n) is 9.45. The average molecular weight is 419 g/mol. The zero-order chi connectivity index (χ0) is 22.0. The fraction of sp³-hybridized carbons (Fsp3) is 0.667. The highest BCUT2D eigenvalue weighted by atomic mass is 28.3. The molecule has 0 spiro atoms. The van der Waals surface area contributed by atoms with Crippen LogP contribution < -0.4 is 10.2 Å². The fourth-order valence-corrected chi connectivity index (χ4v) is 4.22. The standard InChI is InChI=1S/C21H34BNO5Si/c1-10-25-19(29(7,8)9)26-17-12-15(13-23)11-16(14-24-6)18(17)22-27-20(2,3)21(4,5)28-22/h11-12,19H,10,14H2,1-9H3. The molecule has 0 bridgehead atoms. The Hall–Kier alpha value is -1.37. The summed E-state index contributed by atoms with van der Waals surface area (Å²) >= 11 is 0. The zero-order valence-electron chi connectivity index (χ0n) is 19.2. The van der Waals surface area contributed by atoms with Gasteiger partial charge in [-0.25, -0.2) is 0 Å². The molecule has 6 nitrogen and oxygen atoms in total. The molecule has 0 aromatic heterocycles. The van der Waals surface area contributed by atoms with E-state index in [1.165, 1.54) is 0 Å². The molecule has 8 heteroatoms. The van der Waals surface area contributed by atoms with E-state index in [1.807, 2.05) is 34.6 Å². The van der Waals surface area contributed by atoms with Crippen molar-refractivity contribution in [2.24, 2.45) is 0 Å². The zero-order valence-corrected chi connectivity index (χ0v) is 20.2. The monoisotopic (exact) mass is 419 g/mol. The van der Waals surface area contributed by atoms with Crippen LogP contribution in [0.15, 0.2) is 12.1 Å². The first kappa shape index (κ1) is 23.9. The minimum absolute atomic E-state index is 0.317. The van der Waals surface area contributed by atoms with Gasteiger partial charge < -0.3 is 23.5 Å². The van der Waals surface area contributed by atoms with Crippen molar-refractivity contribution in [2.45, 2.75) is 78.0 Å². The lowest BCUT2D eigenvalue weighted by Crippen LogP contribution is -2.47. The molecular formula is C21H34BNO5Si. The lowest BCUT2D eigenvalue weighted by Gasteiger charge is -2.32. The Balaban J connectivity index is 2.60. The molecule has 0 aliphatic carbocycles. The summed E-state index contributed by atoms with van der Waals surface area (Å²) in [5.74, 6) is 0.188. The lowest BCUT2D eigenvalue weighted by molar-refractivity contribution is -0.0230. The van der Waals surface area contributed by atoms with Crippen molar-refractivity contribution in [1.29, 1.82) is 5.26 Å². The maximum absolute atomic E-state index is 9.54. The summed E-state index contributed by atoms with van der Waals surface area (Å²) in [6.07, 6.45) is 0. The SMILES string of the molecule is CCOC(Oc1cc(C#N)cc(COC)c1B1OC(C)(C)C(C)(C)O1)[Si](C)(C)C. The summed E-state index contributed by atoms with van der Waals surface area (Å²) in [5, 5.41) is 9.54. The molecule has 1 aliphatic heterocycles. The molecular weight excluding hydrogens is 385 g/mol. The van der Waals surface area contributed by atoms with Gasteiger partial charge >= 0.3 is 7.12 Å². The first-order valence-electron chi connectivity index (χ1n) is 10.1. The third-order valence-corrected chi connectivity index (χ3v) is 7.10. The summed E-state index contributed by atoms with van der Waals surface area (Å²) in [6.45, 7) is 17.4. The summed E-state index contributed by atoms with van der Waals surface area (Å²) in [5.41, 5.74) is 1.08. The minimum Gasteiger partial charge on any atom is -0.469 e. The number of rotatable bonds is 8. The van der Waals surface area contributed by atoms with E-state index in [0.29, 0.717) is 24.5 Å². The molecule has 1 heterocycles. The molecule has 1 fully saturated rings. The van der Waals surface area contributed by atoms with Gasteiger partial charge in [-0.05, 0) is 52.3 Å². The van der Waals surface area contributed by atoms with E-state index in [9.17, 15) is 5.26 Å². The second-order valence-corrected chi connectivity index (χ2v) is 14.7. The van der Waals surface area contributed by atoms with E-state index in [0.717, 1.165) is 11.0 Å². The van der Waals surface area contributed by atoms with Crippen LogP contribution in [0.2, 0.25) is 19.6 Å². The van der Waals surface area contributed by atoms with Gasteiger partial charge in [-0.15, -0.1) is 0 Å². The number of hydrogen-bond acceptors (Lipinski definition) is 6. The van der Waals surface area contributed by atoms with Crippen LogP contribution in [-0.4, -0.2) is 46.0 Å². The van der Waals surface area contributed by atoms with Gasteiger partial charge in [-0.1, -0.05) is 19.6 Å². The van der Waals surface area contributed by atoms with Gasteiger partial charge in [0.15, 0.2) is 5.91 Å². The van der Waals surface area contributed by atoms with Crippen molar-refractivity contribution in [2.75, 3.05) is 13.7 Å². The molecule has 1 unspecified atom stereocenters. The normalized spacial score (nSPS) is 19.1. The second kappa shape index (κ2) is 8.78. The molecule has 0 N–H and O–H groups in total. The Kier molecular flexibility index (Phi) is 7.24. The summed E-state index contributed by atoms with van der Waals surface area (Å²) < 4.78 is 30.4. The van der Waals surface area contributed by atoms with Crippen LogP contribution in [0.3, 0.4) is 0 Å². The van der Waals surface area contributed by atoms with Crippen molar-refractivity contribution in [1.82, 2.24) is 0 Å². The minimum atomic E-state index is -1.81. The molecule has 1 aromatic carbocycles. The van der Waals surface area contributed by atoms with Crippen LogP contribution in [0.5, 0.6) is 5.75 Å². The third-order valence-electron chi connectivity index (χ3n) is 5.40. The van der Waals surface area contributed by atoms with Gasteiger partial charge in [0.05, 0.1) is 29.4 Å².